The van der Waals surface area contributed by atoms with E-state index in [1.165, 1.54) is 0 Å². The highest BCUT2D eigenvalue weighted by Crippen LogP contribution is 2.42. The van der Waals surface area contributed by atoms with Crippen LogP contribution in [0.25, 0.3) is 11.0 Å². The van der Waals surface area contributed by atoms with Crippen LogP contribution < -0.4 is 15.0 Å². The molecule has 0 radical (unpaired) electrons. The molecule has 0 bridgehead atoms. The van der Waals surface area contributed by atoms with Gasteiger partial charge in [-0.05, 0) is 42.7 Å². The summed E-state index contributed by atoms with van der Waals surface area (Å²) in [4.78, 5) is 20.9. The van der Waals surface area contributed by atoms with Crippen LogP contribution >= 0.6 is 0 Å². The lowest BCUT2D eigenvalue weighted by molar-refractivity contribution is -0.135. The van der Waals surface area contributed by atoms with Gasteiger partial charge in [0.1, 0.15) is 11.5 Å². The van der Waals surface area contributed by atoms with Crippen molar-refractivity contribution < 1.29 is 19.5 Å². The zero-order valence-electron chi connectivity index (χ0n) is 15.5. The lowest BCUT2D eigenvalue weighted by atomic mass is 9.78. The number of hydrogen-bond acceptors (Lipinski definition) is 6. The Hall–Kier alpha value is -3.19. The quantitative estimate of drug-likeness (QED) is 0.518. The Morgan fingerprint density at radius 2 is 1.86 bits per heavy atom. The number of aromatic nitrogens is 2. The van der Waals surface area contributed by atoms with Crippen LogP contribution in [0.1, 0.15) is 31.2 Å². The molecule has 7 nitrogen and oxygen atoms in total. The Kier molecular flexibility index (Phi) is 4.83. The number of rotatable bonds is 5. The normalized spacial score (nSPS) is 15.4. The molecule has 0 atom stereocenters. The summed E-state index contributed by atoms with van der Waals surface area (Å²) >= 11 is 0. The molecule has 2 aromatic heterocycles. The van der Waals surface area contributed by atoms with Crippen molar-refractivity contribution in [3.05, 3.63) is 54.2 Å². The van der Waals surface area contributed by atoms with Gasteiger partial charge >= 0.3 is 0 Å². The maximum atomic E-state index is 12.3. The smallest absolute Gasteiger partial charge is 0.253 e. The van der Waals surface area contributed by atoms with E-state index >= 15 is 0 Å². The molecule has 0 unspecified atom stereocenters. The van der Waals surface area contributed by atoms with Gasteiger partial charge in [0.05, 0.1) is 17.9 Å². The van der Waals surface area contributed by atoms with Crippen LogP contribution in [0, 0.1) is 0 Å². The number of ether oxygens (including phenoxy) is 2. The van der Waals surface area contributed by atoms with Crippen molar-refractivity contribution in [2.24, 2.45) is 0 Å². The molecule has 2 heterocycles. The van der Waals surface area contributed by atoms with Gasteiger partial charge in [-0.3, -0.25) is 10.0 Å². The molecular formula is C21H21N3O4. The van der Waals surface area contributed by atoms with Crippen molar-refractivity contribution in [3.8, 4) is 17.4 Å². The Labute approximate surface area is 162 Å². The Balaban J connectivity index is 1.62. The fraction of sp³-hybridized carbons (Fsp3) is 0.286. The van der Waals surface area contributed by atoms with E-state index in [0.717, 1.165) is 36.6 Å². The largest absolute Gasteiger partial charge is 0.481 e. The Morgan fingerprint density at radius 1 is 1.11 bits per heavy atom. The minimum absolute atomic E-state index is 0.348. The molecule has 1 fully saturated rings. The number of nitrogens with zero attached hydrogens (tertiary/aromatic N) is 2. The minimum atomic E-state index is -0.670. The van der Waals surface area contributed by atoms with Crippen LogP contribution in [0.5, 0.6) is 17.4 Å². The lowest BCUT2D eigenvalue weighted by Crippen LogP contribution is -2.41. The number of nitrogens with one attached hydrogen (secondary N) is 1. The van der Waals surface area contributed by atoms with Gasteiger partial charge < -0.3 is 9.47 Å². The molecule has 0 spiro atoms. The van der Waals surface area contributed by atoms with Gasteiger partial charge in [0.25, 0.3) is 5.91 Å². The van der Waals surface area contributed by atoms with Crippen LogP contribution in [-0.4, -0.2) is 28.2 Å². The Morgan fingerprint density at radius 3 is 2.54 bits per heavy atom. The topological polar surface area (TPSA) is 93.6 Å². The second kappa shape index (κ2) is 7.44. The predicted molar refractivity (Wildman–Crippen MR) is 103 cm³/mol. The van der Waals surface area contributed by atoms with Gasteiger partial charge in [-0.1, -0.05) is 25.0 Å². The van der Waals surface area contributed by atoms with Crippen LogP contribution in [0.4, 0.5) is 0 Å². The average Bonchev–Trinajstić information content (AvgIpc) is 3.24. The van der Waals surface area contributed by atoms with E-state index in [4.69, 9.17) is 14.7 Å². The molecule has 0 aliphatic heterocycles. The molecule has 7 heteroatoms. The molecule has 144 valence electrons. The van der Waals surface area contributed by atoms with Gasteiger partial charge in [-0.25, -0.2) is 10.5 Å². The van der Waals surface area contributed by atoms with Crippen molar-refractivity contribution in [3.63, 3.8) is 0 Å². The number of carbonyl (C=O) groups excluding carboxylic acids is 1. The molecule has 1 amide bonds. The fourth-order valence-electron chi connectivity index (χ4n) is 3.89. The average molecular weight is 379 g/mol. The van der Waals surface area contributed by atoms with E-state index in [9.17, 15) is 4.79 Å². The second-order valence-electron chi connectivity index (χ2n) is 6.89. The molecule has 28 heavy (non-hydrogen) atoms. The highest BCUT2D eigenvalue weighted by Gasteiger charge is 2.42. The summed E-state index contributed by atoms with van der Waals surface area (Å²) < 4.78 is 11.2. The van der Waals surface area contributed by atoms with E-state index in [0.29, 0.717) is 23.0 Å². The number of hydroxylamine groups is 1. The molecule has 1 aliphatic carbocycles. The Bertz CT molecular complexity index is 998. The summed E-state index contributed by atoms with van der Waals surface area (Å²) in [7, 11) is 1.56. The third kappa shape index (κ3) is 3.14. The summed E-state index contributed by atoms with van der Waals surface area (Å²) in [6.45, 7) is 0. The zero-order valence-corrected chi connectivity index (χ0v) is 15.5. The van der Waals surface area contributed by atoms with Crippen molar-refractivity contribution in [1.29, 1.82) is 0 Å². The van der Waals surface area contributed by atoms with Crippen LogP contribution in [0.3, 0.4) is 0 Å². The number of fused-ring (bicyclic) bond motifs is 1. The first-order chi connectivity index (χ1) is 13.7. The molecule has 2 N–H and O–H groups in total. The van der Waals surface area contributed by atoms with E-state index < -0.39 is 5.41 Å². The maximum Gasteiger partial charge on any atom is 0.253 e. The summed E-state index contributed by atoms with van der Waals surface area (Å²) in [5, 5.41) is 9.94. The number of hydrogen-bond donors (Lipinski definition) is 2. The predicted octanol–water partition coefficient (Wildman–Crippen LogP) is 3.75. The van der Waals surface area contributed by atoms with Gasteiger partial charge in [-0.2, -0.15) is 4.98 Å². The number of methoxy groups -OCH3 is 1. The molecule has 3 aromatic rings. The first kappa shape index (κ1) is 18.2. The van der Waals surface area contributed by atoms with E-state index in [1.54, 1.807) is 25.4 Å². The first-order valence-corrected chi connectivity index (χ1v) is 9.19. The summed E-state index contributed by atoms with van der Waals surface area (Å²) in [6.07, 6.45) is 5.01. The number of pyridine rings is 2. The van der Waals surface area contributed by atoms with Crippen molar-refractivity contribution in [2.45, 2.75) is 31.1 Å². The van der Waals surface area contributed by atoms with Crippen LogP contribution in [0.15, 0.2) is 48.7 Å². The summed E-state index contributed by atoms with van der Waals surface area (Å²) in [5.74, 6) is 1.42. The number of benzene rings is 1. The number of amides is 1. The van der Waals surface area contributed by atoms with Gasteiger partial charge in [-0.15, -0.1) is 0 Å². The molecular weight excluding hydrogens is 358 g/mol. The standard InChI is InChI=1S/C21H21N3O4/c1-27-18-9-8-16-17(10-13-22-19(16)23-18)28-15-6-4-14(5-7-15)21(20(25)24-26)11-2-3-12-21/h4-10,13,26H,2-3,11-12H2,1H3,(H,24,25). The van der Waals surface area contributed by atoms with Crippen molar-refractivity contribution in [1.82, 2.24) is 15.4 Å². The highest BCUT2D eigenvalue weighted by molar-refractivity contribution is 5.87. The van der Waals surface area contributed by atoms with Crippen LogP contribution in [0.2, 0.25) is 0 Å². The highest BCUT2D eigenvalue weighted by atomic mass is 16.5. The molecule has 1 aromatic carbocycles. The summed E-state index contributed by atoms with van der Waals surface area (Å²) in [5.41, 5.74) is 2.59. The summed E-state index contributed by atoms with van der Waals surface area (Å²) in [6, 6.07) is 12.9. The van der Waals surface area contributed by atoms with E-state index in [1.807, 2.05) is 35.8 Å². The van der Waals surface area contributed by atoms with Crippen molar-refractivity contribution >= 4 is 16.9 Å². The van der Waals surface area contributed by atoms with Gasteiger partial charge in [0.2, 0.25) is 5.88 Å². The number of carbonyl (C=O) groups is 1. The van der Waals surface area contributed by atoms with Crippen LogP contribution in [-0.2, 0) is 10.2 Å². The van der Waals surface area contributed by atoms with Gasteiger partial charge in [0, 0.05) is 12.3 Å². The molecule has 0 saturated heterocycles. The molecule has 1 aliphatic rings. The SMILES string of the molecule is COc1ccc2c(Oc3ccc(C4(C(=O)NO)CCCC4)cc3)ccnc2n1. The van der Waals surface area contributed by atoms with Crippen molar-refractivity contribution in [2.75, 3.05) is 7.11 Å². The monoisotopic (exact) mass is 379 g/mol. The second-order valence-corrected chi connectivity index (χ2v) is 6.89. The minimum Gasteiger partial charge on any atom is -0.481 e. The third-order valence-electron chi connectivity index (χ3n) is 5.37. The molecule has 4 rings (SSSR count). The first-order valence-electron chi connectivity index (χ1n) is 9.19. The van der Waals surface area contributed by atoms with Gasteiger partial charge in [0.15, 0.2) is 5.65 Å². The maximum absolute atomic E-state index is 12.3. The molecule has 1 saturated carbocycles. The third-order valence-corrected chi connectivity index (χ3v) is 5.37. The fourth-order valence-corrected chi connectivity index (χ4v) is 3.89. The van der Waals surface area contributed by atoms with E-state index in [-0.39, 0.29) is 5.91 Å². The zero-order chi connectivity index (χ0) is 19.6. The van der Waals surface area contributed by atoms with E-state index in [2.05, 4.69) is 9.97 Å². The lowest BCUT2D eigenvalue weighted by Gasteiger charge is -2.27.